The molecule has 0 amide bonds. The molecule has 0 aliphatic heterocycles. The van der Waals surface area contributed by atoms with E-state index in [0.29, 0.717) is 11.6 Å². The van der Waals surface area contributed by atoms with Crippen molar-refractivity contribution in [2.75, 3.05) is 7.11 Å². The van der Waals surface area contributed by atoms with Crippen molar-refractivity contribution < 1.29 is 4.74 Å². The van der Waals surface area contributed by atoms with Gasteiger partial charge in [-0.2, -0.15) is 5.10 Å². The first kappa shape index (κ1) is 13.4. The Kier molecular flexibility index (Phi) is 3.63. The number of benzene rings is 1. The van der Waals surface area contributed by atoms with E-state index in [2.05, 4.69) is 26.0 Å². The number of rotatable bonds is 3. The molecule has 3 aromatic rings. The number of aromatic nitrogens is 3. The van der Waals surface area contributed by atoms with Crippen LogP contribution in [-0.2, 0) is 6.54 Å². The Hall–Kier alpha value is -1.59. The standard InChI is InChI=1S/C14H11BrClN3O/c1-20-10-4-2-9(3-5-10)8-19-14-11(6-18-19)13(16)12(15)7-17-14/h2-7H,8H2,1H3. The second kappa shape index (κ2) is 5.42. The Morgan fingerprint density at radius 1 is 1.25 bits per heavy atom. The van der Waals surface area contributed by atoms with Crippen LogP contribution in [0.15, 0.2) is 41.1 Å². The fourth-order valence-electron chi connectivity index (χ4n) is 1.99. The van der Waals surface area contributed by atoms with Crippen LogP contribution in [0, 0.1) is 0 Å². The minimum Gasteiger partial charge on any atom is -0.497 e. The molecule has 0 saturated heterocycles. The second-order valence-electron chi connectivity index (χ2n) is 4.31. The van der Waals surface area contributed by atoms with Crippen molar-refractivity contribution in [1.82, 2.24) is 14.8 Å². The molecule has 4 nitrogen and oxygen atoms in total. The maximum atomic E-state index is 6.23. The highest BCUT2D eigenvalue weighted by molar-refractivity contribution is 9.10. The van der Waals surface area contributed by atoms with E-state index in [0.717, 1.165) is 26.8 Å². The van der Waals surface area contributed by atoms with Gasteiger partial charge in [0.25, 0.3) is 0 Å². The van der Waals surface area contributed by atoms with Crippen molar-refractivity contribution in [3.05, 3.63) is 51.7 Å². The molecule has 0 saturated carbocycles. The van der Waals surface area contributed by atoms with Gasteiger partial charge in [-0.05, 0) is 33.6 Å². The summed E-state index contributed by atoms with van der Waals surface area (Å²) >= 11 is 9.59. The number of nitrogens with zero attached hydrogens (tertiary/aromatic N) is 3. The Morgan fingerprint density at radius 3 is 2.70 bits per heavy atom. The maximum absolute atomic E-state index is 6.23. The van der Waals surface area contributed by atoms with E-state index in [1.165, 1.54) is 0 Å². The van der Waals surface area contributed by atoms with E-state index in [1.54, 1.807) is 19.5 Å². The molecule has 2 aromatic heterocycles. The summed E-state index contributed by atoms with van der Waals surface area (Å²) in [7, 11) is 1.65. The third-order valence-electron chi connectivity index (χ3n) is 3.05. The van der Waals surface area contributed by atoms with Gasteiger partial charge in [0.2, 0.25) is 0 Å². The number of halogens is 2. The van der Waals surface area contributed by atoms with Crippen LogP contribution in [0.1, 0.15) is 5.56 Å². The van der Waals surface area contributed by atoms with E-state index in [4.69, 9.17) is 16.3 Å². The molecule has 0 unspecified atom stereocenters. The van der Waals surface area contributed by atoms with Gasteiger partial charge in [0, 0.05) is 6.20 Å². The third-order valence-corrected chi connectivity index (χ3v) is 4.29. The number of pyridine rings is 1. The normalized spacial score (nSPS) is 10.9. The fraction of sp³-hybridized carbons (Fsp3) is 0.143. The monoisotopic (exact) mass is 351 g/mol. The molecule has 0 aliphatic carbocycles. The van der Waals surface area contributed by atoms with Crippen LogP contribution in [0.3, 0.4) is 0 Å². The predicted octanol–water partition coefficient (Wildman–Crippen LogP) is 3.90. The first-order valence-electron chi connectivity index (χ1n) is 5.97. The molecule has 102 valence electrons. The summed E-state index contributed by atoms with van der Waals surface area (Å²) < 4.78 is 7.75. The van der Waals surface area contributed by atoms with E-state index >= 15 is 0 Å². The predicted molar refractivity (Wildman–Crippen MR) is 82.3 cm³/mol. The zero-order valence-corrected chi connectivity index (χ0v) is 13.0. The number of ether oxygens (including phenoxy) is 1. The van der Waals surface area contributed by atoms with E-state index in [-0.39, 0.29) is 0 Å². The summed E-state index contributed by atoms with van der Waals surface area (Å²) in [5.74, 6) is 0.837. The van der Waals surface area contributed by atoms with Gasteiger partial charge in [-0.25, -0.2) is 9.67 Å². The average Bonchev–Trinajstić information content (AvgIpc) is 2.87. The van der Waals surface area contributed by atoms with Gasteiger partial charge >= 0.3 is 0 Å². The van der Waals surface area contributed by atoms with Crippen molar-refractivity contribution in [1.29, 1.82) is 0 Å². The van der Waals surface area contributed by atoms with Gasteiger partial charge in [-0.15, -0.1) is 0 Å². The quantitative estimate of drug-likeness (QED) is 0.717. The smallest absolute Gasteiger partial charge is 0.159 e. The molecule has 0 radical (unpaired) electrons. The van der Waals surface area contributed by atoms with Crippen LogP contribution >= 0.6 is 27.5 Å². The largest absolute Gasteiger partial charge is 0.497 e. The molecule has 0 spiro atoms. The summed E-state index contributed by atoms with van der Waals surface area (Å²) in [5.41, 5.74) is 1.89. The molecule has 20 heavy (non-hydrogen) atoms. The fourth-order valence-corrected chi connectivity index (χ4v) is 2.49. The SMILES string of the molecule is COc1ccc(Cn2ncc3c(Cl)c(Br)cnc32)cc1. The van der Waals surface area contributed by atoms with Crippen molar-refractivity contribution in [2.24, 2.45) is 0 Å². The molecule has 3 rings (SSSR count). The summed E-state index contributed by atoms with van der Waals surface area (Å²) in [5, 5.41) is 5.83. The first-order chi connectivity index (χ1) is 9.69. The van der Waals surface area contributed by atoms with Crippen LogP contribution in [0.4, 0.5) is 0 Å². The minimum absolute atomic E-state index is 0.635. The van der Waals surface area contributed by atoms with Gasteiger partial charge < -0.3 is 4.74 Å². The minimum atomic E-state index is 0.635. The molecule has 0 N–H and O–H groups in total. The lowest BCUT2D eigenvalue weighted by Gasteiger charge is -2.05. The average molecular weight is 353 g/mol. The van der Waals surface area contributed by atoms with Crippen LogP contribution in [-0.4, -0.2) is 21.9 Å². The second-order valence-corrected chi connectivity index (χ2v) is 5.54. The summed E-state index contributed by atoms with van der Waals surface area (Å²) in [6.07, 6.45) is 3.43. The van der Waals surface area contributed by atoms with Crippen molar-refractivity contribution in [3.8, 4) is 5.75 Å². The van der Waals surface area contributed by atoms with Gasteiger partial charge in [0.1, 0.15) is 5.75 Å². The molecule has 0 fully saturated rings. The molecule has 1 aromatic carbocycles. The summed E-state index contributed by atoms with van der Waals surface area (Å²) in [6.45, 7) is 0.637. The van der Waals surface area contributed by atoms with Crippen LogP contribution < -0.4 is 4.74 Å². The summed E-state index contributed by atoms with van der Waals surface area (Å²) in [4.78, 5) is 4.38. The highest BCUT2D eigenvalue weighted by atomic mass is 79.9. The summed E-state index contributed by atoms with van der Waals surface area (Å²) in [6, 6.07) is 7.87. The number of hydrogen-bond acceptors (Lipinski definition) is 3. The third kappa shape index (κ3) is 2.39. The Labute approximate surface area is 129 Å². The van der Waals surface area contributed by atoms with Gasteiger partial charge in [-0.3, -0.25) is 0 Å². The van der Waals surface area contributed by atoms with Gasteiger partial charge in [0.05, 0.1) is 34.7 Å². The Morgan fingerprint density at radius 2 is 2.00 bits per heavy atom. The Bertz CT molecular complexity index is 755. The topological polar surface area (TPSA) is 39.9 Å². The zero-order valence-electron chi connectivity index (χ0n) is 10.7. The molecule has 2 heterocycles. The van der Waals surface area contributed by atoms with Crippen molar-refractivity contribution in [2.45, 2.75) is 6.54 Å². The van der Waals surface area contributed by atoms with Gasteiger partial charge in [-0.1, -0.05) is 23.7 Å². The highest BCUT2D eigenvalue weighted by Gasteiger charge is 2.10. The maximum Gasteiger partial charge on any atom is 0.159 e. The van der Waals surface area contributed by atoms with Crippen LogP contribution in [0.5, 0.6) is 5.75 Å². The van der Waals surface area contributed by atoms with Crippen LogP contribution in [0.2, 0.25) is 5.02 Å². The number of fused-ring (bicyclic) bond motifs is 1. The molecule has 0 bridgehead atoms. The zero-order chi connectivity index (χ0) is 14.1. The van der Waals surface area contributed by atoms with Crippen molar-refractivity contribution >= 4 is 38.6 Å². The Balaban J connectivity index is 1.96. The molecular formula is C14H11BrClN3O. The highest BCUT2D eigenvalue weighted by Crippen LogP contribution is 2.29. The van der Waals surface area contributed by atoms with Gasteiger partial charge in [0.15, 0.2) is 5.65 Å². The number of methoxy groups -OCH3 is 1. The lowest BCUT2D eigenvalue weighted by atomic mass is 10.2. The molecule has 0 aliphatic rings. The molecular weight excluding hydrogens is 342 g/mol. The van der Waals surface area contributed by atoms with E-state index < -0.39 is 0 Å². The molecule has 6 heteroatoms. The lowest BCUT2D eigenvalue weighted by molar-refractivity contribution is 0.414. The van der Waals surface area contributed by atoms with E-state index in [9.17, 15) is 0 Å². The van der Waals surface area contributed by atoms with Crippen molar-refractivity contribution in [3.63, 3.8) is 0 Å². The van der Waals surface area contributed by atoms with E-state index in [1.807, 2.05) is 28.9 Å². The van der Waals surface area contributed by atoms with Crippen LogP contribution in [0.25, 0.3) is 11.0 Å². The lowest BCUT2D eigenvalue weighted by Crippen LogP contribution is -2.02. The number of hydrogen-bond donors (Lipinski definition) is 0. The molecule has 0 atom stereocenters. The first-order valence-corrected chi connectivity index (χ1v) is 7.14.